The molecule has 0 fully saturated rings. The molecule has 3 nitrogen and oxygen atoms in total. The van der Waals surface area contributed by atoms with E-state index in [0.29, 0.717) is 18.9 Å². The maximum absolute atomic E-state index is 11.6. The Labute approximate surface area is 110 Å². The summed E-state index contributed by atoms with van der Waals surface area (Å²) in [6, 6.07) is 9.56. The number of benzene rings is 1. The minimum Gasteiger partial charge on any atom is -0.493 e. The van der Waals surface area contributed by atoms with Gasteiger partial charge in [0.2, 0.25) is 5.91 Å². The van der Waals surface area contributed by atoms with Crippen LogP contribution in [0.25, 0.3) is 0 Å². The number of amides is 1. The normalized spacial score (nSPS) is 10.4. The van der Waals surface area contributed by atoms with Crippen LogP contribution in [0.4, 0.5) is 0 Å². The van der Waals surface area contributed by atoms with E-state index in [4.69, 9.17) is 4.74 Å². The second-order valence-electron chi connectivity index (χ2n) is 4.40. The molecule has 18 heavy (non-hydrogen) atoms. The zero-order valence-corrected chi connectivity index (χ0v) is 11.3. The van der Waals surface area contributed by atoms with Crippen LogP contribution in [-0.4, -0.2) is 19.1 Å². The maximum atomic E-state index is 11.6. The Balaban J connectivity index is 2.14. The minimum absolute atomic E-state index is 0.0674. The van der Waals surface area contributed by atoms with Crippen LogP contribution < -0.4 is 10.1 Å². The van der Waals surface area contributed by atoms with Gasteiger partial charge in [0.25, 0.3) is 0 Å². The summed E-state index contributed by atoms with van der Waals surface area (Å²) in [5.41, 5.74) is 0. The second kappa shape index (κ2) is 8.56. The van der Waals surface area contributed by atoms with Crippen molar-refractivity contribution in [1.82, 2.24) is 5.32 Å². The lowest BCUT2D eigenvalue weighted by Crippen LogP contribution is -2.29. The van der Waals surface area contributed by atoms with Gasteiger partial charge < -0.3 is 10.1 Å². The van der Waals surface area contributed by atoms with Crippen LogP contribution in [0.5, 0.6) is 5.75 Å². The number of hydrogen-bond donors (Lipinski definition) is 1. The third kappa shape index (κ3) is 5.71. The number of rotatable bonds is 8. The van der Waals surface area contributed by atoms with Gasteiger partial charge in [-0.25, -0.2) is 0 Å². The van der Waals surface area contributed by atoms with E-state index in [2.05, 4.69) is 19.2 Å². The Morgan fingerprint density at radius 2 is 1.89 bits per heavy atom. The van der Waals surface area contributed by atoms with E-state index in [-0.39, 0.29) is 5.91 Å². The number of carbonyl (C=O) groups is 1. The zero-order valence-electron chi connectivity index (χ0n) is 11.3. The highest BCUT2D eigenvalue weighted by atomic mass is 16.5. The van der Waals surface area contributed by atoms with E-state index >= 15 is 0 Å². The first-order chi connectivity index (χ1) is 8.76. The molecule has 0 heterocycles. The average Bonchev–Trinajstić information content (AvgIpc) is 2.41. The Bertz CT molecular complexity index is 334. The Hall–Kier alpha value is -1.51. The van der Waals surface area contributed by atoms with Crippen molar-refractivity contribution in [1.29, 1.82) is 0 Å². The van der Waals surface area contributed by atoms with Crippen molar-refractivity contribution in [2.24, 2.45) is 5.92 Å². The van der Waals surface area contributed by atoms with Crippen LogP contribution >= 0.6 is 0 Å². The minimum atomic E-state index is 0.0674. The van der Waals surface area contributed by atoms with Gasteiger partial charge >= 0.3 is 0 Å². The molecule has 0 aliphatic heterocycles. The molecule has 1 aromatic carbocycles. The molecule has 0 saturated heterocycles. The summed E-state index contributed by atoms with van der Waals surface area (Å²) in [6.45, 7) is 5.51. The van der Waals surface area contributed by atoms with Crippen LogP contribution in [0.1, 0.15) is 33.1 Å². The lowest BCUT2D eigenvalue weighted by molar-refractivity contribution is -0.121. The van der Waals surface area contributed by atoms with Crippen molar-refractivity contribution in [3.05, 3.63) is 30.3 Å². The molecule has 1 aromatic rings. The molecule has 0 aromatic heterocycles. The lowest BCUT2D eigenvalue weighted by atomic mass is 10.0. The van der Waals surface area contributed by atoms with Gasteiger partial charge in [0, 0.05) is 6.54 Å². The number of para-hydroxylation sites is 1. The third-order valence-electron chi connectivity index (χ3n) is 3.08. The molecule has 0 unspecified atom stereocenters. The molecule has 1 rings (SSSR count). The molecule has 0 spiro atoms. The Morgan fingerprint density at radius 3 is 2.50 bits per heavy atom. The second-order valence-corrected chi connectivity index (χ2v) is 4.40. The van der Waals surface area contributed by atoms with Crippen LogP contribution in [0.3, 0.4) is 0 Å². The summed E-state index contributed by atoms with van der Waals surface area (Å²) in [7, 11) is 0. The number of carbonyl (C=O) groups excluding carboxylic acids is 1. The van der Waals surface area contributed by atoms with E-state index < -0.39 is 0 Å². The highest BCUT2D eigenvalue weighted by molar-refractivity contribution is 5.75. The van der Waals surface area contributed by atoms with Crippen molar-refractivity contribution in [2.45, 2.75) is 33.1 Å². The van der Waals surface area contributed by atoms with Crippen LogP contribution in [0, 0.1) is 5.92 Å². The number of hydrogen-bond acceptors (Lipinski definition) is 2. The highest BCUT2D eigenvalue weighted by Crippen LogP contribution is 2.08. The maximum Gasteiger partial charge on any atom is 0.223 e. The van der Waals surface area contributed by atoms with E-state index in [1.165, 1.54) is 0 Å². The summed E-state index contributed by atoms with van der Waals surface area (Å²) in [6.07, 6.45) is 2.63. The van der Waals surface area contributed by atoms with Gasteiger partial charge in [-0.15, -0.1) is 0 Å². The molecule has 0 saturated carbocycles. The number of ether oxygens (including phenoxy) is 1. The monoisotopic (exact) mass is 249 g/mol. The molecule has 0 radical (unpaired) electrons. The Kier molecular flexibility index (Phi) is 6.92. The van der Waals surface area contributed by atoms with Gasteiger partial charge in [-0.05, 0) is 18.1 Å². The fraction of sp³-hybridized carbons (Fsp3) is 0.533. The number of nitrogens with one attached hydrogen (secondary N) is 1. The summed E-state index contributed by atoms with van der Waals surface area (Å²) < 4.78 is 5.48. The van der Waals surface area contributed by atoms with Crippen molar-refractivity contribution in [3.8, 4) is 5.75 Å². The first-order valence-corrected chi connectivity index (χ1v) is 6.70. The van der Waals surface area contributed by atoms with Gasteiger partial charge in [-0.1, -0.05) is 44.9 Å². The van der Waals surface area contributed by atoms with Crippen molar-refractivity contribution in [2.75, 3.05) is 13.2 Å². The zero-order chi connectivity index (χ0) is 13.2. The van der Waals surface area contributed by atoms with E-state index in [1.807, 2.05) is 30.3 Å². The molecular formula is C15H23NO2. The molecule has 0 aliphatic rings. The fourth-order valence-corrected chi connectivity index (χ4v) is 1.70. The largest absolute Gasteiger partial charge is 0.493 e. The summed E-state index contributed by atoms with van der Waals surface area (Å²) in [4.78, 5) is 11.6. The topological polar surface area (TPSA) is 38.3 Å². The van der Waals surface area contributed by atoms with E-state index in [0.717, 1.165) is 25.1 Å². The molecule has 1 N–H and O–H groups in total. The van der Waals surface area contributed by atoms with Gasteiger partial charge in [-0.3, -0.25) is 4.79 Å². The first kappa shape index (κ1) is 14.6. The van der Waals surface area contributed by atoms with Crippen molar-refractivity contribution in [3.63, 3.8) is 0 Å². The molecule has 0 bridgehead atoms. The predicted octanol–water partition coefficient (Wildman–Crippen LogP) is 3.01. The van der Waals surface area contributed by atoms with Crippen molar-refractivity contribution >= 4 is 5.91 Å². The van der Waals surface area contributed by atoms with Gasteiger partial charge in [0.15, 0.2) is 0 Å². The van der Waals surface area contributed by atoms with Gasteiger partial charge in [0.1, 0.15) is 5.75 Å². The Morgan fingerprint density at radius 1 is 1.22 bits per heavy atom. The molecule has 3 heteroatoms. The lowest BCUT2D eigenvalue weighted by Gasteiger charge is -2.13. The molecular weight excluding hydrogens is 226 g/mol. The predicted molar refractivity (Wildman–Crippen MR) is 73.6 cm³/mol. The average molecular weight is 249 g/mol. The molecule has 100 valence electrons. The molecule has 0 atom stereocenters. The summed E-state index contributed by atoms with van der Waals surface area (Å²) in [5.74, 6) is 1.46. The van der Waals surface area contributed by atoms with Crippen LogP contribution in [0.15, 0.2) is 30.3 Å². The molecule has 1 amide bonds. The van der Waals surface area contributed by atoms with E-state index in [1.54, 1.807) is 0 Å². The van der Waals surface area contributed by atoms with Gasteiger partial charge in [-0.2, -0.15) is 0 Å². The summed E-state index contributed by atoms with van der Waals surface area (Å²) in [5, 5.41) is 2.95. The first-order valence-electron chi connectivity index (χ1n) is 6.70. The highest BCUT2D eigenvalue weighted by Gasteiger charge is 2.06. The van der Waals surface area contributed by atoms with Crippen molar-refractivity contribution < 1.29 is 9.53 Å². The fourth-order valence-electron chi connectivity index (χ4n) is 1.70. The summed E-state index contributed by atoms with van der Waals surface area (Å²) >= 11 is 0. The van der Waals surface area contributed by atoms with Gasteiger partial charge in [0.05, 0.1) is 13.0 Å². The standard InChI is InChI=1S/C15H23NO2/c1-3-13(4-2)12-16-15(17)10-11-18-14-8-6-5-7-9-14/h5-9,13H,3-4,10-12H2,1-2H3,(H,16,17). The van der Waals surface area contributed by atoms with Crippen LogP contribution in [0.2, 0.25) is 0 Å². The SMILES string of the molecule is CCC(CC)CNC(=O)CCOc1ccccc1. The van der Waals surface area contributed by atoms with E-state index in [9.17, 15) is 4.79 Å². The molecule has 0 aliphatic carbocycles. The third-order valence-corrected chi connectivity index (χ3v) is 3.08. The smallest absolute Gasteiger partial charge is 0.223 e. The van der Waals surface area contributed by atoms with Crippen LogP contribution in [-0.2, 0) is 4.79 Å². The quantitative estimate of drug-likeness (QED) is 0.769.